The number of ketones is 1. The van der Waals surface area contributed by atoms with Crippen molar-refractivity contribution in [3.8, 4) is 17.2 Å². The van der Waals surface area contributed by atoms with E-state index < -0.39 is 0 Å². The summed E-state index contributed by atoms with van der Waals surface area (Å²) >= 11 is 0. The summed E-state index contributed by atoms with van der Waals surface area (Å²) < 4.78 is 5.44. The molecule has 5 atom stereocenters. The number of hydrogen-bond donors (Lipinski definition) is 0. The molecule has 2 heterocycles. The standard InChI is InChI=1S/C24H24N2O3/c1-14-19(23-15(2)29-24(28)21(23)11-22(14)27)10-9-18-8-7-17(13-26-18)20-6-4-3-5-16(20)12-25/h3-8,13-15,19,21,23H,9-11H2,1-2H3/t14-,15+,19-,21+,23-/m0/s1. The number of cyclic esters (lactones) is 1. The predicted octanol–water partition coefficient (Wildman–Crippen LogP) is 3.96. The lowest BCUT2D eigenvalue weighted by Crippen LogP contribution is -2.41. The van der Waals surface area contributed by atoms with E-state index >= 15 is 0 Å². The number of aryl methyl sites for hydroxylation is 1. The van der Waals surface area contributed by atoms with Gasteiger partial charge in [0.05, 0.1) is 17.6 Å². The van der Waals surface area contributed by atoms with Crippen molar-refractivity contribution in [1.82, 2.24) is 4.98 Å². The Bertz CT molecular complexity index is 976. The van der Waals surface area contributed by atoms with Gasteiger partial charge in [-0.3, -0.25) is 14.6 Å². The lowest BCUT2D eigenvalue weighted by molar-refractivity contribution is -0.145. The van der Waals surface area contributed by atoms with Gasteiger partial charge in [0, 0.05) is 41.3 Å². The number of carbonyl (C=O) groups is 2. The Hall–Kier alpha value is -3.00. The van der Waals surface area contributed by atoms with Crippen molar-refractivity contribution in [2.45, 2.75) is 39.2 Å². The second kappa shape index (κ2) is 7.79. The lowest BCUT2D eigenvalue weighted by atomic mass is 9.64. The van der Waals surface area contributed by atoms with Crippen LogP contribution in [0.2, 0.25) is 0 Å². The van der Waals surface area contributed by atoms with E-state index in [1.54, 1.807) is 12.3 Å². The number of aromatic nitrogens is 1. The number of carbonyl (C=O) groups excluding carboxylic acids is 2. The van der Waals surface area contributed by atoms with Gasteiger partial charge in [-0.05, 0) is 37.8 Å². The van der Waals surface area contributed by atoms with Crippen molar-refractivity contribution in [1.29, 1.82) is 5.26 Å². The summed E-state index contributed by atoms with van der Waals surface area (Å²) in [5.74, 6) is -0.155. The Morgan fingerprint density at radius 2 is 1.97 bits per heavy atom. The molecule has 1 saturated heterocycles. The average Bonchev–Trinajstić information content (AvgIpc) is 3.01. The molecule has 1 aromatic heterocycles. The smallest absolute Gasteiger partial charge is 0.310 e. The Balaban J connectivity index is 1.49. The minimum atomic E-state index is -0.281. The molecule has 148 valence electrons. The molecule has 0 bridgehead atoms. The molecule has 1 aliphatic carbocycles. The van der Waals surface area contributed by atoms with Crippen LogP contribution in [0.5, 0.6) is 0 Å². The van der Waals surface area contributed by atoms with E-state index in [4.69, 9.17) is 4.74 Å². The molecule has 1 aliphatic heterocycles. The molecular weight excluding hydrogens is 364 g/mol. The third-order valence-electron chi connectivity index (χ3n) is 6.59. The number of nitriles is 1. The minimum absolute atomic E-state index is 0.0602. The number of pyridine rings is 1. The molecule has 29 heavy (non-hydrogen) atoms. The molecule has 0 amide bonds. The fraction of sp³-hybridized carbons (Fsp3) is 0.417. The molecule has 1 aromatic carbocycles. The van der Waals surface area contributed by atoms with Crippen LogP contribution in [0.25, 0.3) is 11.1 Å². The number of Topliss-reactive ketones (excluding diaryl/α,β-unsaturated/α-hetero) is 1. The van der Waals surface area contributed by atoms with Crippen molar-refractivity contribution in [3.05, 3.63) is 53.9 Å². The van der Waals surface area contributed by atoms with E-state index in [0.29, 0.717) is 12.0 Å². The monoisotopic (exact) mass is 388 g/mol. The summed E-state index contributed by atoms with van der Waals surface area (Å²) in [5.41, 5.74) is 3.36. The van der Waals surface area contributed by atoms with E-state index in [-0.39, 0.29) is 41.5 Å². The maximum absolute atomic E-state index is 12.4. The zero-order chi connectivity index (χ0) is 20.5. The molecule has 0 radical (unpaired) electrons. The number of nitrogens with zero attached hydrogens (tertiary/aromatic N) is 2. The van der Waals surface area contributed by atoms with E-state index in [2.05, 4.69) is 11.1 Å². The number of fused-ring (bicyclic) bond motifs is 1. The van der Waals surface area contributed by atoms with E-state index in [1.807, 2.05) is 44.2 Å². The van der Waals surface area contributed by atoms with Gasteiger partial charge in [0.15, 0.2) is 0 Å². The molecule has 1 saturated carbocycles. The van der Waals surface area contributed by atoms with Crippen molar-refractivity contribution in [2.24, 2.45) is 23.7 Å². The molecule has 0 spiro atoms. The molecule has 4 rings (SSSR count). The molecule has 0 unspecified atom stereocenters. The molecule has 5 nitrogen and oxygen atoms in total. The molecule has 5 heteroatoms. The molecule has 2 aromatic rings. The van der Waals surface area contributed by atoms with Crippen LogP contribution in [-0.4, -0.2) is 22.8 Å². The summed E-state index contributed by atoms with van der Waals surface area (Å²) in [7, 11) is 0. The summed E-state index contributed by atoms with van der Waals surface area (Å²) in [6.07, 6.45) is 3.53. The van der Waals surface area contributed by atoms with Gasteiger partial charge in [0.25, 0.3) is 0 Å². The Kier molecular flexibility index (Phi) is 5.19. The number of hydrogen-bond acceptors (Lipinski definition) is 5. The summed E-state index contributed by atoms with van der Waals surface area (Å²) in [5, 5.41) is 9.29. The number of esters is 1. The van der Waals surface area contributed by atoms with Crippen LogP contribution in [0.4, 0.5) is 0 Å². The highest BCUT2D eigenvalue weighted by Crippen LogP contribution is 2.46. The largest absolute Gasteiger partial charge is 0.462 e. The Labute approximate surface area is 170 Å². The zero-order valence-electron chi connectivity index (χ0n) is 16.7. The first-order chi connectivity index (χ1) is 14.0. The number of rotatable bonds is 4. The van der Waals surface area contributed by atoms with Crippen molar-refractivity contribution in [3.63, 3.8) is 0 Å². The van der Waals surface area contributed by atoms with Crippen molar-refractivity contribution < 1.29 is 14.3 Å². The minimum Gasteiger partial charge on any atom is -0.462 e. The average molecular weight is 388 g/mol. The van der Waals surface area contributed by atoms with Gasteiger partial charge in [-0.2, -0.15) is 5.26 Å². The van der Waals surface area contributed by atoms with Crippen LogP contribution in [-0.2, 0) is 20.7 Å². The zero-order valence-corrected chi connectivity index (χ0v) is 16.7. The van der Waals surface area contributed by atoms with Crippen LogP contribution in [0.15, 0.2) is 42.6 Å². The SMILES string of the molecule is C[C@@H]1C(=O)C[C@H]2C(=O)O[C@H](C)[C@H]2[C@H]1CCc1ccc(-c2ccccc2C#N)cn1. The highest BCUT2D eigenvalue weighted by molar-refractivity contribution is 5.88. The second-order valence-corrected chi connectivity index (χ2v) is 8.18. The van der Waals surface area contributed by atoms with Gasteiger partial charge in [0.1, 0.15) is 11.9 Å². The predicted molar refractivity (Wildman–Crippen MR) is 108 cm³/mol. The summed E-state index contributed by atoms with van der Waals surface area (Å²) in [6, 6.07) is 13.7. The fourth-order valence-electron chi connectivity index (χ4n) is 5.00. The first-order valence-corrected chi connectivity index (χ1v) is 10.2. The number of ether oxygens (including phenoxy) is 1. The van der Waals surface area contributed by atoms with E-state index in [0.717, 1.165) is 29.7 Å². The van der Waals surface area contributed by atoms with Crippen LogP contribution < -0.4 is 0 Å². The van der Waals surface area contributed by atoms with Crippen LogP contribution in [0.3, 0.4) is 0 Å². The van der Waals surface area contributed by atoms with Crippen LogP contribution in [0, 0.1) is 35.0 Å². The third-order valence-corrected chi connectivity index (χ3v) is 6.59. The van der Waals surface area contributed by atoms with Crippen LogP contribution in [0.1, 0.15) is 37.9 Å². The lowest BCUT2D eigenvalue weighted by Gasteiger charge is -2.36. The van der Waals surface area contributed by atoms with Crippen molar-refractivity contribution in [2.75, 3.05) is 0 Å². The topological polar surface area (TPSA) is 80.0 Å². The van der Waals surface area contributed by atoms with Gasteiger partial charge in [-0.15, -0.1) is 0 Å². The maximum atomic E-state index is 12.4. The van der Waals surface area contributed by atoms with Gasteiger partial charge in [-0.25, -0.2) is 0 Å². The quantitative estimate of drug-likeness (QED) is 0.741. The highest BCUT2D eigenvalue weighted by atomic mass is 16.6. The van der Waals surface area contributed by atoms with Gasteiger partial charge >= 0.3 is 5.97 Å². The van der Waals surface area contributed by atoms with Gasteiger partial charge in [-0.1, -0.05) is 31.2 Å². The van der Waals surface area contributed by atoms with Crippen LogP contribution >= 0.6 is 0 Å². The summed E-state index contributed by atoms with van der Waals surface area (Å²) in [6.45, 7) is 3.92. The number of benzene rings is 1. The highest BCUT2D eigenvalue weighted by Gasteiger charge is 2.52. The maximum Gasteiger partial charge on any atom is 0.310 e. The first-order valence-electron chi connectivity index (χ1n) is 10.2. The Morgan fingerprint density at radius 3 is 2.69 bits per heavy atom. The van der Waals surface area contributed by atoms with Gasteiger partial charge in [0.2, 0.25) is 0 Å². The van der Waals surface area contributed by atoms with Gasteiger partial charge < -0.3 is 4.74 Å². The molecule has 2 fully saturated rings. The Morgan fingerprint density at radius 1 is 1.17 bits per heavy atom. The van der Waals surface area contributed by atoms with E-state index in [1.165, 1.54) is 0 Å². The fourth-order valence-corrected chi connectivity index (χ4v) is 5.00. The first kappa shape index (κ1) is 19.3. The molecule has 0 N–H and O–H groups in total. The normalized spacial score (nSPS) is 28.5. The van der Waals surface area contributed by atoms with Crippen molar-refractivity contribution >= 4 is 11.8 Å². The molecule has 2 aliphatic rings. The second-order valence-electron chi connectivity index (χ2n) is 8.18. The summed E-state index contributed by atoms with van der Waals surface area (Å²) in [4.78, 5) is 29.1. The van der Waals surface area contributed by atoms with E-state index in [9.17, 15) is 14.9 Å². The third kappa shape index (κ3) is 3.55. The molecular formula is C24H24N2O3.